The minimum absolute atomic E-state index is 0.0297. The highest BCUT2D eigenvalue weighted by atomic mass is 32.1. The van der Waals surface area contributed by atoms with E-state index in [0.29, 0.717) is 13.0 Å². The summed E-state index contributed by atoms with van der Waals surface area (Å²) in [5.74, 6) is 0.0297. The van der Waals surface area contributed by atoms with Crippen molar-refractivity contribution >= 4 is 18.5 Å². The van der Waals surface area contributed by atoms with Crippen LogP contribution in [-0.4, -0.2) is 22.0 Å². The molecule has 0 aliphatic heterocycles. The number of hydrogen-bond acceptors (Lipinski definition) is 3. The van der Waals surface area contributed by atoms with Crippen molar-refractivity contribution in [2.24, 2.45) is 0 Å². The van der Waals surface area contributed by atoms with Crippen LogP contribution in [0.5, 0.6) is 0 Å². The van der Waals surface area contributed by atoms with Crippen molar-refractivity contribution in [2.45, 2.75) is 17.9 Å². The lowest BCUT2D eigenvalue weighted by Crippen LogP contribution is -2.28. The molecule has 1 amide bonds. The second-order valence-corrected chi connectivity index (χ2v) is 4.51. The van der Waals surface area contributed by atoms with Gasteiger partial charge in [0.2, 0.25) is 5.91 Å². The number of aromatic nitrogens is 2. The van der Waals surface area contributed by atoms with E-state index in [1.807, 2.05) is 35.0 Å². The van der Waals surface area contributed by atoms with Crippen molar-refractivity contribution in [3.8, 4) is 0 Å². The van der Waals surface area contributed by atoms with E-state index in [1.54, 1.807) is 12.5 Å². The third-order valence-electron chi connectivity index (χ3n) is 2.55. The normalized spacial score (nSPS) is 10.3. The van der Waals surface area contributed by atoms with Crippen LogP contribution < -0.4 is 5.32 Å². The molecule has 1 N–H and O–H groups in total. The molecular weight excluding hydrogens is 246 g/mol. The molecule has 0 saturated carbocycles. The fraction of sp³-hybridized carbons (Fsp3) is 0.231. The van der Waals surface area contributed by atoms with Gasteiger partial charge in [-0.2, -0.15) is 0 Å². The second kappa shape index (κ2) is 6.26. The summed E-state index contributed by atoms with van der Waals surface area (Å²) in [7, 11) is 0. The lowest BCUT2D eigenvalue weighted by atomic mass is 10.1. The van der Waals surface area contributed by atoms with E-state index in [-0.39, 0.29) is 5.91 Å². The zero-order valence-corrected chi connectivity index (χ0v) is 10.8. The zero-order chi connectivity index (χ0) is 12.8. The maximum atomic E-state index is 11.7. The van der Waals surface area contributed by atoms with Gasteiger partial charge in [-0.25, -0.2) is 4.98 Å². The van der Waals surface area contributed by atoms with E-state index in [1.165, 1.54) is 0 Å². The van der Waals surface area contributed by atoms with Gasteiger partial charge in [0.1, 0.15) is 0 Å². The van der Waals surface area contributed by atoms with Crippen LogP contribution in [0.3, 0.4) is 0 Å². The van der Waals surface area contributed by atoms with Crippen LogP contribution in [0.4, 0.5) is 0 Å². The molecule has 1 heterocycles. The number of imidazole rings is 1. The molecule has 0 unspecified atom stereocenters. The monoisotopic (exact) mass is 261 g/mol. The van der Waals surface area contributed by atoms with Gasteiger partial charge in [0.05, 0.1) is 12.7 Å². The molecule has 18 heavy (non-hydrogen) atoms. The molecule has 0 aliphatic carbocycles. The van der Waals surface area contributed by atoms with Gasteiger partial charge in [0.15, 0.2) is 0 Å². The maximum Gasteiger partial charge on any atom is 0.224 e. The third kappa shape index (κ3) is 3.92. The number of carbonyl (C=O) groups is 1. The molecule has 4 nitrogen and oxygen atoms in total. The van der Waals surface area contributed by atoms with Gasteiger partial charge in [-0.1, -0.05) is 12.1 Å². The Hall–Kier alpha value is -1.75. The number of amides is 1. The predicted octanol–water partition coefficient (Wildman–Crippen LogP) is 1.53. The molecule has 1 aromatic heterocycles. The fourth-order valence-corrected chi connectivity index (χ4v) is 1.75. The maximum absolute atomic E-state index is 11.7. The Bertz CT molecular complexity index is 493. The van der Waals surface area contributed by atoms with Gasteiger partial charge in [-0.15, -0.1) is 12.6 Å². The topological polar surface area (TPSA) is 46.9 Å². The molecule has 0 radical (unpaired) electrons. The Balaban J connectivity index is 1.73. The highest BCUT2D eigenvalue weighted by Crippen LogP contribution is 2.07. The SMILES string of the molecule is O=C(Cc1ccc(S)cc1)NCCn1ccnc1. The van der Waals surface area contributed by atoms with Crippen LogP contribution >= 0.6 is 12.6 Å². The summed E-state index contributed by atoms with van der Waals surface area (Å²) in [6, 6.07) is 7.60. The minimum Gasteiger partial charge on any atom is -0.354 e. The van der Waals surface area contributed by atoms with Gasteiger partial charge in [0.25, 0.3) is 0 Å². The summed E-state index contributed by atoms with van der Waals surface area (Å²) >= 11 is 4.20. The average Bonchev–Trinajstić information content (AvgIpc) is 2.85. The van der Waals surface area contributed by atoms with E-state index in [9.17, 15) is 4.79 Å². The fourth-order valence-electron chi connectivity index (χ4n) is 1.61. The van der Waals surface area contributed by atoms with Crippen molar-refractivity contribution in [3.05, 3.63) is 48.5 Å². The molecule has 0 spiro atoms. The van der Waals surface area contributed by atoms with E-state index in [0.717, 1.165) is 17.0 Å². The highest BCUT2D eigenvalue weighted by Gasteiger charge is 2.02. The number of carbonyl (C=O) groups excluding carboxylic acids is 1. The van der Waals surface area contributed by atoms with Crippen LogP contribution in [0.25, 0.3) is 0 Å². The molecule has 0 bridgehead atoms. The number of hydrogen-bond donors (Lipinski definition) is 2. The van der Waals surface area contributed by atoms with Gasteiger partial charge in [-0.05, 0) is 17.7 Å². The molecule has 0 fully saturated rings. The largest absolute Gasteiger partial charge is 0.354 e. The molecule has 0 aliphatic rings. The van der Waals surface area contributed by atoms with E-state index >= 15 is 0 Å². The van der Waals surface area contributed by atoms with E-state index in [4.69, 9.17) is 0 Å². The zero-order valence-electron chi connectivity index (χ0n) is 9.91. The number of benzene rings is 1. The molecule has 94 valence electrons. The second-order valence-electron chi connectivity index (χ2n) is 3.99. The third-order valence-corrected chi connectivity index (χ3v) is 2.85. The molecular formula is C13H15N3OS. The summed E-state index contributed by atoms with van der Waals surface area (Å²) in [5, 5.41) is 2.88. The first-order valence-corrected chi connectivity index (χ1v) is 6.19. The van der Waals surface area contributed by atoms with Crippen LogP contribution in [0.15, 0.2) is 47.9 Å². The van der Waals surface area contributed by atoms with Crippen molar-refractivity contribution in [3.63, 3.8) is 0 Å². The molecule has 1 aromatic carbocycles. The molecule has 5 heteroatoms. The molecule has 0 atom stereocenters. The van der Waals surface area contributed by atoms with Gasteiger partial charge in [-0.3, -0.25) is 4.79 Å². The van der Waals surface area contributed by atoms with Crippen molar-refractivity contribution in [1.82, 2.24) is 14.9 Å². The molecule has 2 aromatic rings. The average molecular weight is 261 g/mol. The standard InChI is InChI=1S/C13H15N3OS/c17-13(9-11-1-3-12(18)4-2-11)15-6-8-16-7-5-14-10-16/h1-5,7,10,18H,6,8-9H2,(H,15,17). The van der Waals surface area contributed by atoms with Crippen LogP contribution in [0.2, 0.25) is 0 Å². The number of nitrogens with one attached hydrogen (secondary N) is 1. The van der Waals surface area contributed by atoms with Crippen LogP contribution in [0.1, 0.15) is 5.56 Å². The van der Waals surface area contributed by atoms with Crippen molar-refractivity contribution < 1.29 is 4.79 Å². The summed E-state index contributed by atoms with van der Waals surface area (Å²) in [6.07, 6.45) is 5.73. The molecule has 2 rings (SSSR count). The number of thiol groups is 1. The molecule has 0 saturated heterocycles. The first-order chi connectivity index (χ1) is 8.74. The van der Waals surface area contributed by atoms with Gasteiger partial charge in [0, 0.05) is 30.4 Å². The Morgan fingerprint density at radius 3 is 2.78 bits per heavy atom. The Morgan fingerprint density at radius 2 is 2.11 bits per heavy atom. The van der Waals surface area contributed by atoms with Crippen LogP contribution in [0, 0.1) is 0 Å². The minimum atomic E-state index is 0.0297. The smallest absolute Gasteiger partial charge is 0.224 e. The summed E-state index contributed by atoms with van der Waals surface area (Å²) in [5.41, 5.74) is 0.993. The first-order valence-electron chi connectivity index (χ1n) is 5.74. The predicted molar refractivity (Wildman–Crippen MR) is 72.6 cm³/mol. The summed E-state index contributed by atoms with van der Waals surface area (Å²) in [6.45, 7) is 1.35. The number of nitrogens with zero attached hydrogens (tertiary/aromatic N) is 2. The van der Waals surface area contributed by atoms with E-state index < -0.39 is 0 Å². The van der Waals surface area contributed by atoms with Crippen molar-refractivity contribution in [2.75, 3.05) is 6.54 Å². The van der Waals surface area contributed by atoms with E-state index in [2.05, 4.69) is 22.9 Å². The Morgan fingerprint density at radius 1 is 1.33 bits per heavy atom. The first kappa shape index (κ1) is 12.7. The Labute approximate surface area is 111 Å². The van der Waals surface area contributed by atoms with Crippen molar-refractivity contribution in [1.29, 1.82) is 0 Å². The quantitative estimate of drug-likeness (QED) is 0.802. The summed E-state index contributed by atoms with van der Waals surface area (Å²) in [4.78, 5) is 16.5. The lowest BCUT2D eigenvalue weighted by Gasteiger charge is -2.06. The number of rotatable bonds is 5. The van der Waals surface area contributed by atoms with Gasteiger partial charge < -0.3 is 9.88 Å². The summed E-state index contributed by atoms with van der Waals surface area (Å²) < 4.78 is 1.93. The lowest BCUT2D eigenvalue weighted by molar-refractivity contribution is -0.120. The Kier molecular flexibility index (Phi) is 4.41. The van der Waals surface area contributed by atoms with Gasteiger partial charge >= 0.3 is 0 Å². The van der Waals surface area contributed by atoms with Crippen LogP contribution in [-0.2, 0) is 17.8 Å². The highest BCUT2D eigenvalue weighted by molar-refractivity contribution is 7.80.